The molecule has 1 aromatic heterocycles. The largest absolute Gasteiger partial charge is 0.497 e. The Balaban J connectivity index is 1.57. The first kappa shape index (κ1) is 19.0. The number of aliphatic hydroxyl groups excluding tert-OH is 1. The highest BCUT2D eigenvalue weighted by Crippen LogP contribution is 2.30. The van der Waals surface area contributed by atoms with Crippen LogP contribution in [0.2, 0.25) is 0 Å². The lowest BCUT2D eigenvalue weighted by molar-refractivity contribution is 0.124. The Kier molecular flexibility index (Phi) is 5.93. The number of benzene rings is 2. The number of aromatic amines is 1. The molecular weight excluding hydrogens is 350 g/mol. The minimum absolute atomic E-state index is 0.281. The van der Waals surface area contributed by atoms with Crippen molar-refractivity contribution in [2.45, 2.75) is 44.7 Å². The molecule has 148 valence electrons. The molecule has 1 aliphatic rings. The van der Waals surface area contributed by atoms with Crippen molar-refractivity contribution in [3.8, 4) is 17.0 Å². The SMILES string of the molecule is COc1ccc2cc(-c3[nH]ncc3CN3CCCCC3CCCO)ccc2c1. The van der Waals surface area contributed by atoms with Gasteiger partial charge in [-0.25, -0.2) is 0 Å². The molecule has 1 aliphatic heterocycles. The van der Waals surface area contributed by atoms with E-state index in [2.05, 4.69) is 45.4 Å². The highest BCUT2D eigenvalue weighted by atomic mass is 16.5. The summed E-state index contributed by atoms with van der Waals surface area (Å²) >= 11 is 0. The van der Waals surface area contributed by atoms with E-state index in [9.17, 15) is 5.11 Å². The average Bonchev–Trinajstić information content (AvgIpc) is 3.20. The fourth-order valence-corrected chi connectivity index (χ4v) is 4.33. The Bertz CT molecular complexity index is 921. The Morgan fingerprint density at radius 3 is 2.89 bits per heavy atom. The number of H-pyrrole nitrogens is 1. The molecule has 0 saturated carbocycles. The van der Waals surface area contributed by atoms with Gasteiger partial charge in [0.2, 0.25) is 0 Å². The number of likely N-dealkylation sites (tertiary alicyclic amines) is 1. The van der Waals surface area contributed by atoms with Crippen LogP contribution in [0.1, 0.15) is 37.7 Å². The Labute approximate surface area is 166 Å². The van der Waals surface area contributed by atoms with Gasteiger partial charge < -0.3 is 9.84 Å². The molecule has 2 N–H and O–H groups in total. The lowest BCUT2D eigenvalue weighted by Crippen LogP contribution is -2.39. The molecule has 1 unspecified atom stereocenters. The number of methoxy groups -OCH3 is 1. The van der Waals surface area contributed by atoms with E-state index in [1.807, 2.05) is 12.3 Å². The van der Waals surface area contributed by atoms with Crippen LogP contribution in [0.3, 0.4) is 0 Å². The zero-order valence-electron chi connectivity index (χ0n) is 16.5. The van der Waals surface area contributed by atoms with Crippen molar-refractivity contribution in [2.75, 3.05) is 20.3 Å². The van der Waals surface area contributed by atoms with Gasteiger partial charge in [0, 0.05) is 30.3 Å². The van der Waals surface area contributed by atoms with Crippen molar-refractivity contribution in [3.63, 3.8) is 0 Å². The van der Waals surface area contributed by atoms with Crippen molar-refractivity contribution in [3.05, 3.63) is 48.2 Å². The molecule has 2 heterocycles. The summed E-state index contributed by atoms with van der Waals surface area (Å²) in [5.74, 6) is 0.876. The van der Waals surface area contributed by atoms with E-state index in [0.717, 1.165) is 42.9 Å². The second-order valence-corrected chi connectivity index (χ2v) is 7.68. The zero-order chi connectivity index (χ0) is 19.3. The van der Waals surface area contributed by atoms with Crippen molar-refractivity contribution in [1.82, 2.24) is 15.1 Å². The van der Waals surface area contributed by atoms with Crippen LogP contribution in [0.25, 0.3) is 22.0 Å². The lowest BCUT2D eigenvalue weighted by atomic mass is 9.96. The summed E-state index contributed by atoms with van der Waals surface area (Å²) in [6.45, 7) is 2.31. The molecule has 4 rings (SSSR count). The van der Waals surface area contributed by atoms with Crippen LogP contribution in [0.5, 0.6) is 5.75 Å². The number of hydrogen-bond acceptors (Lipinski definition) is 4. The molecule has 28 heavy (non-hydrogen) atoms. The fourth-order valence-electron chi connectivity index (χ4n) is 4.33. The Morgan fingerprint density at radius 1 is 1.18 bits per heavy atom. The number of hydrogen-bond donors (Lipinski definition) is 2. The van der Waals surface area contributed by atoms with Crippen molar-refractivity contribution < 1.29 is 9.84 Å². The van der Waals surface area contributed by atoms with E-state index < -0.39 is 0 Å². The standard InChI is InChI=1S/C23H29N3O2/c1-28-22-10-9-17-13-19(8-7-18(17)14-22)23-20(15-24-25-23)16-26-11-3-2-5-21(26)6-4-12-27/h7-10,13-15,21,27H,2-6,11-12,16H2,1H3,(H,24,25). The summed E-state index contributed by atoms with van der Waals surface area (Å²) in [6.07, 6.45) is 7.69. The first-order valence-electron chi connectivity index (χ1n) is 10.2. The smallest absolute Gasteiger partial charge is 0.119 e. The van der Waals surface area contributed by atoms with E-state index >= 15 is 0 Å². The first-order chi connectivity index (χ1) is 13.8. The molecule has 0 spiro atoms. The van der Waals surface area contributed by atoms with Gasteiger partial charge in [0.25, 0.3) is 0 Å². The number of nitrogens with zero attached hydrogens (tertiary/aromatic N) is 2. The Morgan fingerprint density at radius 2 is 2.04 bits per heavy atom. The molecule has 1 saturated heterocycles. The number of aromatic nitrogens is 2. The molecular formula is C23H29N3O2. The monoisotopic (exact) mass is 379 g/mol. The van der Waals surface area contributed by atoms with Gasteiger partial charge in [-0.15, -0.1) is 0 Å². The fraction of sp³-hybridized carbons (Fsp3) is 0.435. The Hall–Kier alpha value is -2.37. The summed E-state index contributed by atoms with van der Waals surface area (Å²) in [4.78, 5) is 2.57. The molecule has 1 fully saturated rings. The van der Waals surface area contributed by atoms with Crippen LogP contribution in [0, 0.1) is 0 Å². The van der Waals surface area contributed by atoms with Crippen LogP contribution in [-0.2, 0) is 6.54 Å². The number of rotatable bonds is 7. The maximum absolute atomic E-state index is 9.21. The quantitative estimate of drug-likeness (QED) is 0.640. The zero-order valence-corrected chi connectivity index (χ0v) is 16.5. The summed E-state index contributed by atoms with van der Waals surface area (Å²) < 4.78 is 5.33. The van der Waals surface area contributed by atoms with E-state index in [1.54, 1.807) is 7.11 Å². The second kappa shape index (κ2) is 8.76. The predicted molar refractivity (Wildman–Crippen MR) is 112 cm³/mol. The van der Waals surface area contributed by atoms with Crippen molar-refractivity contribution >= 4 is 10.8 Å². The molecule has 3 aromatic rings. The molecule has 5 nitrogen and oxygen atoms in total. The van der Waals surface area contributed by atoms with Crippen molar-refractivity contribution in [2.24, 2.45) is 0 Å². The van der Waals surface area contributed by atoms with Gasteiger partial charge in [-0.3, -0.25) is 10.00 Å². The number of piperidine rings is 1. The number of aliphatic hydroxyl groups is 1. The topological polar surface area (TPSA) is 61.4 Å². The summed E-state index contributed by atoms with van der Waals surface area (Å²) in [6, 6.07) is 13.2. The highest BCUT2D eigenvalue weighted by Gasteiger charge is 2.23. The number of fused-ring (bicyclic) bond motifs is 1. The van der Waals surface area contributed by atoms with Gasteiger partial charge in [0.05, 0.1) is 19.0 Å². The van der Waals surface area contributed by atoms with E-state index in [4.69, 9.17) is 4.74 Å². The van der Waals surface area contributed by atoms with Gasteiger partial charge in [-0.05, 0) is 61.2 Å². The third-order valence-electron chi connectivity index (χ3n) is 5.87. The highest BCUT2D eigenvalue weighted by molar-refractivity contribution is 5.88. The van der Waals surface area contributed by atoms with Crippen LogP contribution in [0.15, 0.2) is 42.6 Å². The molecule has 0 bridgehead atoms. The maximum atomic E-state index is 9.21. The van der Waals surface area contributed by atoms with Crippen LogP contribution in [-0.4, -0.2) is 46.5 Å². The molecule has 5 heteroatoms. The van der Waals surface area contributed by atoms with Crippen molar-refractivity contribution in [1.29, 1.82) is 0 Å². The first-order valence-corrected chi connectivity index (χ1v) is 10.2. The third-order valence-corrected chi connectivity index (χ3v) is 5.87. The van der Waals surface area contributed by atoms with Crippen LogP contribution >= 0.6 is 0 Å². The van der Waals surface area contributed by atoms with Gasteiger partial charge in [-0.1, -0.05) is 24.6 Å². The molecule has 1 atom stereocenters. The molecule has 0 radical (unpaired) electrons. The average molecular weight is 380 g/mol. The lowest BCUT2D eigenvalue weighted by Gasteiger charge is -2.35. The normalized spacial score (nSPS) is 17.9. The van der Waals surface area contributed by atoms with E-state index in [1.165, 1.54) is 35.6 Å². The number of nitrogens with one attached hydrogen (secondary N) is 1. The number of ether oxygens (including phenoxy) is 1. The predicted octanol–water partition coefficient (Wildman–Crippen LogP) is 4.37. The van der Waals surface area contributed by atoms with Crippen LogP contribution in [0.4, 0.5) is 0 Å². The van der Waals surface area contributed by atoms with Gasteiger partial charge in [0.15, 0.2) is 0 Å². The molecule has 2 aromatic carbocycles. The van der Waals surface area contributed by atoms with Gasteiger partial charge in [-0.2, -0.15) is 5.10 Å². The molecule has 0 aliphatic carbocycles. The van der Waals surface area contributed by atoms with Crippen LogP contribution < -0.4 is 4.74 Å². The van der Waals surface area contributed by atoms with Gasteiger partial charge in [0.1, 0.15) is 5.75 Å². The summed E-state index contributed by atoms with van der Waals surface area (Å²) in [7, 11) is 1.70. The second-order valence-electron chi connectivity index (χ2n) is 7.68. The summed E-state index contributed by atoms with van der Waals surface area (Å²) in [5, 5.41) is 19.1. The van der Waals surface area contributed by atoms with E-state index in [0.29, 0.717) is 6.04 Å². The molecule has 0 amide bonds. The van der Waals surface area contributed by atoms with Gasteiger partial charge >= 0.3 is 0 Å². The minimum Gasteiger partial charge on any atom is -0.497 e. The summed E-state index contributed by atoms with van der Waals surface area (Å²) in [5.41, 5.74) is 3.50. The third kappa shape index (κ3) is 4.05. The minimum atomic E-state index is 0.281. The van der Waals surface area contributed by atoms with E-state index in [-0.39, 0.29) is 6.61 Å². The maximum Gasteiger partial charge on any atom is 0.119 e.